The predicted octanol–water partition coefficient (Wildman–Crippen LogP) is 4.24. The summed E-state index contributed by atoms with van der Waals surface area (Å²) in [5.74, 6) is -2.72. The number of carboxylic acid groups (broad SMARTS) is 1. The Balaban J connectivity index is 1.49. The van der Waals surface area contributed by atoms with Crippen molar-refractivity contribution < 1.29 is 23.5 Å². The molecule has 3 aromatic carbocycles. The van der Waals surface area contributed by atoms with Crippen LogP contribution in [0.2, 0.25) is 0 Å². The highest BCUT2D eigenvalue weighted by molar-refractivity contribution is 6.05. The maximum atomic E-state index is 13.8. The van der Waals surface area contributed by atoms with Crippen molar-refractivity contribution in [1.82, 2.24) is 0 Å². The maximum absolute atomic E-state index is 13.8. The molecule has 0 spiro atoms. The molecule has 6 nitrogen and oxygen atoms in total. The van der Waals surface area contributed by atoms with Crippen molar-refractivity contribution in [2.45, 2.75) is 0 Å². The number of carbonyl (C=O) groups excluding carboxylic acids is 1. The topological polar surface area (TPSA) is 72.9 Å². The molecule has 1 saturated heterocycles. The van der Waals surface area contributed by atoms with Gasteiger partial charge in [0, 0.05) is 37.6 Å². The molecule has 3 aromatic rings. The van der Waals surface area contributed by atoms with E-state index < -0.39 is 17.7 Å². The van der Waals surface area contributed by atoms with Crippen LogP contribution in [0.15, 0.2) is 66.7 Å². The molecule has 0 saturated carbocycles. The molecule has 8 heteroatoms. The van der Waals surface area contributed by atoms with Crippen LogP contribution in [-0.4, -0.2) is 43.2 Å². The molecular weight excluding hydrogens is 416 g/mol. The minimum absolute atomic E-state index is 0.0477. The number of carbonyl (C=O) groups is 2. The molecule has 1 aliphatic heterocycles. The molecule has 0 aliphatic carbocycles. The van der Waals surface area contributed by atoms with Crippen LogP contribution in [0.5, 0.6) is 0 Å². The minimum Gasteiger partial charge on any atom is -0.478 e. The quantitative estimate of drug-likeness (QED) is 0.625. The lowest BCUT2D eigenvalue weighted by Crippen LogP contribution is -2.47. The van der Waals surface area contributed by atoms with Crippen molar-refractivity contribution in [3.8, 4) is 0 Å². The van der Waals surface area contributed by atoms with E-state index >= 15 is 0 Å². The third kappa shape index (κ3) is 4.54. The van der Waals surface area contributed by atoms with E-state index in [0.29, 0.717) is 31.9 Å². The Morgan fingerprint density at radius 2 is 1.47 bits per heavy atom. The van der Waals surface area contributed by atoms with Gasteiger partial charge in [-0.2, -0.15) is 0 Å². The highest BCUT2D eigenvalue weighted by atomic mass is 19.1. The van der Waals surface area contributed by atoms with Gasteiger partial charge in [0.2, 0.25) is 0 Å². The van der Waals surface area contributed by atoms with Gasteiger partial charge in [0.1, 0.15) is 11.6 Å². The number of rotatable bonds is 5. The Kier molecular flexibility index (Phi) is 6.02. The van der Waals surface area contributed by atoms with Gasteiger partial charge in [-0.05, 0) is 54.6 Å². The SMILES string of the molecule is O=C(Nc1ccc(N2CCN(c3ccc(F)cc3)CC2)c(C(=O)O)c1)c1ccccc1F. The van der Waals surface area contributed by atoms with Crippen molar-refractivity contribution in [2.24, 2.45) is 0 Å². The molecule has 0 atom stereocenters. The first-order valence-corrected chi connectivity index (χ1v) is 10.1. The van der Waals surface area contributed by atoms with E-state index in [9.17, 15) is 23.5 Å². The van der Waals surface area contributed by atoms with Gasteiger partial charge >= 0.3 is 5.97 Å². The molecule has 2 N–H and O–H groups in total. The van der Waals surface area contributed by atoms with Crippen LogP contribution >= 0.6 is 0 Å². The summed E-state index contributed by atoms with van der Waals surface area (Å²) in [5, 5.41) is 12.3. The second kappa shape index (κ2) is 9.05. The largest absolute Gasteiger partial charge is 0.478 e. The third-order valence-corrected chi connectivity index (χ3v) is 5.42. The number of carboxylic acids is 1. The molecule has 1 heterocycles. The first kappa shape index (κ1) is 21.3. The summed E-state index contributed by atoms with van der Waals surface area (Å²) in [5.41, 5.74) is 1.65. The monoisotopic (exact) mass is 437 g/mol. The van der Waals surface area contributed by atoms with Crippen LogP contribution in [0.3, 0.4) is 0 Å². The molecule has 0 bridgehead atoms. The zero-order valence-electron chi connectivity index (χ0n) is 17.1. The predicted molar refractivity (Wildman–Crippen MR) is 119 cm³/mol. The molecule has 32 heavy (non-hydrogen) atoms. The van der Waals surface area contributed by atoms with E-state index in [2.05, 4.69) is 10.2 Å². The molecule has 0 aromatic heterocycles. The first-order chi connectivity index (χ1) is 15.4. The van der Waals surface area contributed by atoms with Crippen LogP contribution in [0.25, 0.3) is 0 Å². The van der Waals surface area contributed by atoms with Gasteiger partial charge in [-0.1, -0.05) is 12.1 Å². The van der Waals surface area contributed by atoms with E-state index in [1.54, 1.807) is 30.3 Å². The lowest BCUT2D eigenvalue weighted by molar-refractivity contribution is 0.0697. The smallest absolute Gasteiger partial charge is 0.337 e. The number of benzene rings is 3. The molecule has 1 fully saturated rings. The van der Waals surface area contributed by atoms with Gasteiger partial charge in [0.05, 0.1) is 16.8 Å². The standard InChI is InChI=1S/C24H21F2N3O3/c25-16-5-8-18(9-6-16)28-11-13-29(14-12-28)22-10-7-17(15-20(22)24(31)32)27-23(30)19-3-1-2-4-21(19)26/h1-10,15H,11-14H2,(H,27,30)(H,31,32). The highest BCUT2D eigenvalue weighted by Crippen LogP contribution is 2.27. The normalized spacial score (nSPS) is 13.7. The number of piperazine rings is 1. The van der Waals surface area contributed by atoms with Crippen molar-refractivity contribution >= 4 is 28.9 Å². The van der Waals surface area contributed by atoms with Crippen molar-refractivity contribution in [2.75, 3.05) is 41.3 Å². The Labute approximate surface area is 183 Å². The summed E-state index contributed by atoms with van der Waals surface area (Å²) < 4.78 is 27.0. The second-order valence-electron chi connectivity index (χ2n) is 7.42. The number of halogens is 2. The molecule has 0 unspecified atom stereocenters. The number of hydrogen-bond donors (Lipinski definition) is 2. The average molecular weight is 437 g/mol. The Bertz CT molecular complexity index is 1140. The summed E-state index contributed by atoms with van der Waals surface area (Å²) >= 11 is 0. The van der Waals surface area contributed by atoms with Gasteiger partial charge in [-0.3, -0.25) is 4.79 Å². The number of hydrogen-bond acceptors (Lipinski definition) is 4. The Morgan fingerprint density at radius 1 is 0.812 bits per heavy atom. The Morgan fingerprint density at radius 3 is 2.12 bits per heavy atom. The number of nitrogens with zero attached hydrogens (tertiary/aromatic N) is 2. The molecular formula is C24H21F2N3O3. The van der Waals surface area contributed by atoms with E-state index in [4.69, 9.17) is 0 Å². The van der Waals surface area contributed by atoms with Crippen LogP contribution in [0.4, 0.5) is 25.8 Å². The van der Waals surface area contributed by atoms with Gasteiger partial charge < -0.3 is 20.2 Å². The van der Waals surface area contributed by atoms with E-state index in [0.717, 1.165) is 5.69 Å². The van der Waals surface area contributed by atoms with Crippen molar-refractivity contribution in [3.63, 3.8) is 0 Å². The van der Waals surface area contributed by atoms with Crippen molar-refractivity contribution in [1.29, 1.82) is 0 Å². The number of anilines is 3. The number of amides is 1. The fourth-order valence-corrected chi connectivity index (χ4v) is 3.76. The number of aromatic carboxylic acids is 1. The second-order valence-corrected chi connectivity index (χ2v) is 7.42. The number of nitrogens with one attached hydrogen (secondary N) is 1. The molecule has 164 valence electrons. The van der Waals surface area contributed by atoms with E-state index in [1.807, 2.05) is 4.90 Å². The third-order valence-electron chi connectivity index (χ3n) is 5.42. The summed E-state index contributed by atoms with van der Waals surface area (Å²) in [6, 6.07) is 16.5. The lowest BCUT2D eigenvalue weighted by Gasteiger charge is -2.38. The Hall–Kier alpha value is -3.94. The summed E-state index contributed by atoms with van der Waals surface area (Å²) in [6.07, 6.45) is 0. The van der Waals surface area contributed by atoms with Gasteiger partial charge in [-0.15, -0.1) is 0 Å². The van der Waals surface area contributed by atoms with Crippen molar-refractivity contribution in [3.05, 3.63) is 89.5 Å². The summed E-state index contributed by atoms with van der Waals surface area (Å²) in [6.45, 7) is 2.46. The molecule has 0 radical (unpaired) electrons. The van der Waals surface area contributed by atoms with Crippen LogP contribution in [0, 0.1) is 11.6 Å². The van der Waals surface area contributed by atoms with Gasteiger partial charge in [0.25, 0.3) is 5.91 Å². The van der Waals surface area contributed by atoms with Crippen LogP contribution in [0.1, 0.15) is 20.7 Å². The van der Waals surface area contributed by atoms with Crippen LogP contribution < -0.4 is 15.1 Å². The summed E-state index contributed by atoms with van der Waals surface area (Å²) in [7, 11) is 0. The highest BCUT2D eigenvalue weighted by Gasteiger charge is 2.22. The fourth-order valence-electron chi connectivity index (χ4n) is 3.76. The van der Waals surface area contributed by atoms with Gasteiger partial charge in [-0.25, -0.2) is 13.6 Å². The molecule has 1 aliphatic rings. The minimum atomic E-state index is -1.12. The van der Waals surface area contributed by atoms with E-state index in [-0.39, 0.29) is 22.6 Å². The maximum Gasteiger partial charge on any atom is 0.337 e. The van der Waals surface area contributed by atoms with E-state index in [1.165, 1.54) is 36.4 Å². The molecule has 4 rings (SSSR count). The average Bonchev–Trinajstić information content (AvgIpc) is 2.80. The first-order valence-electron chi connectivity index (χ1n) is 10.1. The van der Waals surface area contributed by atoms with Gasteiger partial charge in [0.15, 0.2) is 0 Å². The fraction of sp³-hybridized carbons (Fsp3) is 0.167. The van der Waals surface area contributed by atoms with Crippen LogP contribution in [-0.2, 0) is 0 Å². The molecule has 1 amide bonds. The summed E-state index contributed by atoms with van der Waals surface area (Å²) in [4.78, 5) is 28.3. The lowest BCUT2D eigenvalue weighted by atomic mass is 10.1. The zero-order chi connectivity index (χ0) is 22.7. The zero-order valence-corrected chi connectivity index (χ0v) is 17.1.